The molecule has 1 N–H and O–H groups in total. The van der Waals surface area contributed by atoms with Crippen molar-refractivity contribution in [1.29, 1.82) is 0 Å². The highest BCUT2D eigenvalue weighted by Gasteiger charge is 2.26. The zero-order valence-corrected chi connectivity index (χ0v) is 20.0. The predicted molar refractivity (Wildman–Crippen MR) is 133 cm³/mol. The van der Waals surface area contributed by atoms with E-state index in [0.717, 1.165) is 36.8 Å². The second-order valence-corrected chi connectivity index (χ2v) is 8.40. The number of ether oxygens (including phenoxy) is 2. The quantitative estimate of drug-likeness (QED) is 0.398. The van der Waals surface area contributed by atoms with Crippen molar-refractivity contribution >= 4 is 16.8 Å². The number of aromatic amines is 1. The normalized spacial score (nSPS) is 16.5. The molecule has 1 atom stereocenters. The molecule has 6 heteroatoms. The molecule has 1 aliphatic rings. The van der Waals surface area contributed by atoms with E-state index < -0.39 is 5.56 Å². The zero-order chi connectivity index (χ0) is 23.8. The number of carbonyl (C=O) groups is 1. The van der Waals surface area contributed by atoms with Crippen LogP contribution in [0.1, 0.15) is 56.8 Å². The maximum absolute atomic E-state index is 13.5. The summed E-state index contributed by atoms with van der Waals surface area (Å²) in [5, 5.41) is 0.726. The maximum Gasteiger partial charge on any atom is 0.263 e. The van der Waals surface area contributed by atoms with Crippen molar-refractivity contribution in [3.05, 3.63) is 70.2 Å². The number of hydrogen-bond acceptors (Lipinski definition) is 4. The number of unbranched alkanes of at least 4 members (excludes halogenated alkanes) is 2. The zero-order valence-electron chi connectivity index (χ0n) is 20.0. The van der Waals surface area contributed by atoms with Crippen LogP contribution >= 0.6 is 0 Å². The number of fused-ring (bicyclic) bond motifs is 1. The lowest BCUT2D eigenvalue weighted by atomic mass is 10.00. The number of allylic oxidation sites excluding steroid dienone is 5. The number of carbonyl (C=O) groups excluding carboxylic acids is 1. The van der Waals surface area contributed by atoms with Crippen molar-refractivity contribution in [2.45, 2.75) is 46.5 Å². The summed E-state index contributed by atoms with van der Waals surface area (Å²) < 4.78 is 11.4. The molecule has 0 fully saturated rings. The number of nitrogens with zero attached hydrogens (tertiary/aromatic N) is 1. The van der Waals surface area contributed by atoms with Gasteiger partial charge in [-0.3, -0.25) is 9.59 Å². The van der Waals surface area contributed by atoms with Crippen molar-refractivity contribution in [3.63, 3.8) is 0 Å². The number of amides is 1. The average Bonchev–Trinajstić information content (AvgIpc) is 2.82. The van der Waals surface area contributed by atoms with Gasteiger partial charge >= 0.3 is 0 Å². The molecule has 0 saturated carbocycles. The third-order valence-electron chi connectivity index (χ3n) is 5.73. The van der Waals surface area contributed by atoms with E-state index in [1.165, 1.54) is 0 Å². The van der Waals surface area contributed by atoms with Gasteiger partial charge in [0.15, 0.2) is 11.5 Å². The van der Waals surface area contributed by atoms with Crippen molar-refractivity contribution in [3.8, 4) is 11.5 Å². The first-order chi connectivity index (χ1) is 16.0. The molecule has 0 radical (unpaired) electrons. The van der Waals surface area contributed by atoms with Crippen molar-refractivity contribution in [2.75, 3.05) is 20.3 Å². The van der Waals surface area contributed by atoms with Crippen molar-refractivity contribution in [2.24, 2.45) is 5.92 Å². The molecule has 6 nitrogen and oxygen atoms in total. The summed E-state index contributed by atoms with van der Waals surface area (Å²) in [6, 6.07) is 5.29. The van der Waals surface area contributed by atoms with Gasteiger partial charge in [-0.05, 0) is 50.0 Å². The molecular formula is C27H34N2O4. The lowest BCUT2D eigenvalue weighted by Crippen LogP contribution is -2.38. The fraction of sp³-hybridized carbons (Fsp3) is 0.407. The van der Waals surface area contributed by atoms with Gasteiger partial charge in [-0.15, -0.1) is 0 Å². The van der Waals surface area contributed by atoms with Gasteiger partial charge in [-0.2, -0.15) is 0 Å². The summed E-state index contributed by atoms with van der Waals surface area (Å²) in [6.45, 7) is 7.27. The summed E-state index contributed by atoms with van der Waals surface area (Å²) >= 11 is 0. The Balaban J connectivity index is 1.98. The van der Waals surface area contributed by atoms with Crippen LogP contribution in [0.25, 0.3) is 10.9 Å². The van der Waals surface area contributed by atoms with Gasteiger partial charge in [0, 0.05) is 17.6 Å². The smallest absolute Gasteiger partial charge is 0.263 e. The first-order valence-corrected chi connectivity index (χ1v) is 11.7. The molecule has 1 aromatic carbocycles. The topological polar surface area (TPSA) is 71.6 Å². The Hall–Kier alpha value is -3.28. The van der Waals surface area contributed by atoms with Crippen LogP contribution in [0.3, 0.4) is 0 Å². The van der Waals surface area contributed by atoms with Crippen molar-refractivity contribution < 1.29 is 14.3 Å². The SMILES string of the molecule is C/C=C\C=C/C1=CCC(C)CN1C(=O)c1cc2ccc(OC)c(OCCCCC)c2[nH]c1=O. The number of nitrogens with one attached hydrogen (secondary N) is 1. The third-order valence-corrected chi connectivity index (χ3v) is 5.73. The van der Waals surface area contributed by atoms with E-state index >= 15 is 0 Å². The largest absolute Gasteiger partial charge is 0.493 e. The first kappa shape index (κ1) is 24.4. The van der Waals surface area contributed by atoms with E-state index in [4.69, 9.17) is 9.47 Å². The Morgan fingerprint density at radius 2 is 2.09 bits per heavy atom. The minimum absolute atomic E-state index is 0.115. The molecule has 2 aromatic rings. The molecule has 0 saturated heterocycles. The molecule has 0 spiro atoms. The van der Waals surface area contributed by atoms with Gasteiger partial charge < -0.3 is 19.4 Å². The molecular weight excluding hydrogens is 416 g/mol. The fourth-order valence-electron chi connectivity index (χ4n) is 3.91. The molecule has 33 heavy (non-hydrogen) atoms. The van der Waals surface area contributed by atoms with E-state index in [2.05, 4.69) is 24.9 Å². The summed E-state index contributed by atoms with van der Waals surface area (Å²) in [6.07, 6.45) is 13.7. The van der Waals surface area contributed by atoms with Gasteiger partial charge in [0.05, 0.1) is 19.2 Å². The lowest BCUT2D eigenvalue weighted by molar-refractivity contribution is 0.0781. The Bertz CT molecular complexity index is 1130. The number of hydrogen-bond donors (Lipinski definition) is 1. The molecule has 1 aromatic heterocycles. The van der Waals surface area contributed by atoms with Crippen molar-refractivity contribution in [1.82, 2.24) is 9.88 Å². The van der Waals surface area contributed by atoms with E-state index in [-0.39, 0.29) is 11.5 Å². The summed E-state index contributed by atoms with van der Waals surface area (Å²) in [5.74, 6) is 1.07. The number of methoxy groups -OCH3 is 1. The fourth-order valence-corrected chi connectivity index (χ4v) is 3.91. The van der Waals surface area contributed by atoms with Crippen LogP contribution in [0.15, 0.2) is 59.1 Å². The second kappa shape index (κ2) is 11.5. The van der Waals surface area contributed by atoms with Crippen LogP contribution in [0, 0.1) is 5.92 Å². The molecule has 3 rings (SSSR count). The summed E-state index contributed by atoms with van der Waals surface area (Å²) in [7, 11) is 1.57. The van der Waals surface area contributed by atoms with Gasteiger partial charge in [-0.25, -0.2) is 0 Å². The molecule has 2 heterocycles. The standard InChI is InChI=1S/C27H34N2O4/c1-5-7-9-11-21-14-12-19(3)18-29(21)27(31)22-17-20-13-15-23(32-4)25(24(20)28-26(22)30)33-16-10-8-6-2/h5,7,9,11,13-15,17,19H,6,8,10,12,16,18H2,1-4H3,(H,28,30)/b7-5-,11-9-. The molecule has 1 unspecified atom stereocenters. The van der Waals surface area contributed by atoms with Gasteiger partial charge in [0.1, 0.15) is 5.56 Å². The average molecular weight is 451 g/mol. The minimum Gasteiger partial charge on any atom is -0.493 e. The number of benzene rings is 1. The molecule has 1 aliphatic heterocycles. The highest BCUT2D eigenvalue weighted by atomic mass is 16.5. The van der Waals surface area contributed by atoms with Gasteiger partial charge in [0.25, 0.3) is 11.5 Å². The third kappa shape index (κ3) is 5.75. The predicted octanol–water partition coefficient (Wildman–Crippen LogP) is 5.60. The van der Waals surface area contributed by atoms with Crippen LogP contribution in [-0.2, 0) is 0 Å². The number of pyridine rings is 1. The second-order valence-electron chi connectivity index (χ2n) is 8.40. The number of aromatic nitrogens is 1. The minimum atomic E-state index is -0.436. The van der Waals surface area contributed by atoms with E-state index in [1.807, 2.05) is 37.3 Å². The summed E-state index contributed by atoms with van der Waals surface area (Å²) in [5.41, 5.74) is 1.03. The van der Waals surface area contributed by atoms with Gasteiger partial charge in [-0.1, -0.05) is 51.0 Å². The highest BCUT2D eigenvalue weighted by Crippen LogP contribution is 2.34. The number of rotatable bonds is 9. The summed E-state index contributed by atoms with van der Waals surface area (Å²) in [4.78, 5) is 31.1. The molecule has 0 bridgehead atoms. The monoisotopic (exact) mass is 450 g/mol. The maximum atomic E-state index is 13.5. The van der Waals surface area contributed by atoms with E-state index in [1.54, 1.807) is 24.1 Å². The van der Waals surface area contributed by atoms with Crippen LogP contribution in [-0.4, -0.2) is 36.1 Å². The Morgan fingerprint density at radius 3 is 2.82 bits per heavy atom. The van der Waals surface area contributed by atoms with E-state index in [0.29, 0.717) is 36.1 Å². The number of H-pyrrole nitrogens is 1. The Kier molecular flexibility index (Phi) is 8.52. The Labute approximate surface area is 195 Å². The lowest BCUT2D eigenvalue weighted by Gasteiger charge is -2.30. The Morgan fingerprint density at radius 1 is 1.27 bits per heavy atom. The van der Waals surface area contributed by atoms with Crippen LogP contribution in [0.5, 0.6) is 11.5 Å². The van der Waals surface area contributed by atoms with E-state index in [9.17, 15) is 9.59 Å². The highest BCUT2D eigenvalue weighted by molar-refractivity contribution is 5.99. The molecule has 1 amide bonds. The molecule has 176 valence electrons. The first-order valence-electron chi connectivity index (χ1n) is 11.7. The van der Waals surface area contributed by atoms with Gasteiger partial charge in [0.2, 0.25) is 0 Å². The van der Waals surface area contributed by atoms with Crippen LogP contribution in [0.4, 0.5) is 0 Å². The van der Waals surface area contributed by atoms with Crippen LogP contribution in [0.2, 0.25) is 0 Å². The van der Waals surface area contributed by atoms with Crippen LogP contribution < -0.4 is 15.0 Å². The molecule has 0 aliphatic carbocycles.